The van der Waals surface area contributed by atoms with Crippen molar-refractivity contribution in [3.05, 3.63) is 29.8 Å². The normalized spacial score (nSPS) is 15.0. The molecule has 1 fully saturated rings. The van der Waals surface area contributed by atoms with Crippen molar-refractivity contribution in [2.75, 3.05) is 17.2 Å². The first-order valence-corrected chi connectivity index (χ1v) is 9.41. The molecule has 0 atom stereocenters. The fraction of sp³-hybridized carbons (Fsp3) is 0.526. The molecule has 0 aliphatic heterocycles. The maximum Gasteiger partial charge on any atom is 0.323 e. The second-order valence-corrected chi connectivity index (χ2v) is 6.59. The van der Waals surface area contributed by atoms with E-state index in [4.69, 9.17) is 4.74 Å². The van der Waals surface area contributed by atoms with E-state index in [0.717, 1.165) is 12.8 Å². The molecular weight excluding hydrogens is 352 g/mol. The molecule has 3 rings (SSSR count). The molecule has 27 heavy (non-hydrogen) atoms. The summed E-state index contributed by atoms with van der Waals surface area (Å²) in [5, 5.41) is 6.30. The number of hydrogen-bond donors (Lipinski definition) is 2. The van der Waals surface area contributed by atoms with Crippen molar-refractivity contribution in [3.8, 4) is 6.01 Å². The smallest absolute Gasteiger partial charge is 0.323 e. The van der Waals surface area contributed by atoms with Gasteiger partial charge in [0.1, 0.15) is 0 Å². The maximum absolute atomic E-state index is 14.0. The number of nitrogens with zero attached hydrogens (tertiary/aromatic N) is 3. The van der Waals surface area contributed by atoms with E-state index in [1.165, 1.54) is 31.9 Å². The SMILES string of the molecule is CCOc1nc(Nc2cccc(C(F)(F)CC)c2)nc(NC2CCCC2)n1. The molecule has 0 bridgehead atoms. The molecule has 1 heterocycles. The van der Waals surface area contributed by atoms with Crippen LogP contribution in [-0.2, 0) is 5.92 Å². The third-order valence-corrected chi connectivity index (χ3v) is 4.56. The molecule has 0 radical (unpaired) electrons. The van der Waals surface area contributed by atoms with E-state index in [2.05, 4.69) is 25.6 Å². The van der Waals surface area contributed by atoms with Crippen molar-refractivity contribution in [1.82, 2.24) is 15.0 Å². The molecule has 0 amide bonds. The lowest BCUT2D eigenvalue weighted by Crippen LogP contribution is -2.18. The molecule has 0 saturated heterocycles. The molecule has 0 unspecified atom stereocenters. The first-order chi connectivity index (χ1) is 13.0. The Balaban J connectivity index is 1.82. The Morgan fingerprint density at radius 2 is 1.85 bits per heavy atom. The van der Waals surface area contributed by atoms with Crippen LogP contribution in [0.2, 0.25) is 0 Å². The van der Waals surface area contributed by atoms with Gasteiger partial charge in [-0.05, 0) is 31.9 Å². The minimum Gasteiger partial charge on any atom is -0.464 e. The topological polar surface area (TPSA) is 72.0 Å². The lowest BCUT2D eigenvalue weighted by Gasteiger charge is -2.16. The summed E-state index contributed by atoms with van der Waals surface area (Å²) in [4.78, 5) is 12.9. The number of hydrogen-bond acceptors (Lipinski definition) is 6. The van der Waals surface area contributed by atoms with Crippen LogP contribution in [-0.4, -0.2) is 27.6 Å². The minimum absolute atomic E-state index is 0.0432. The van der Waals surface area contributed by atoms with Crippen molar-refractivity contribution >= 4 is 17.6 Å². The number of ether oxygens (including phenoxy) is 1. The van der Waals surface area contributed by atoms with Gasteiger partial charge in [0.2, 0.25) is 11.9 Å². The Morgan fingerprint density at radius 3 is 2.56 bits per heavy atom. The van der Waals surface area contributed by atoms with Gasteiger partial charge in [-0.15, -0.1) is 0 Å². The second kappa shape index (κ2) is 8.45. The molecule has 6 nitrogen and oxygen atoms in total. The Hall–Kier alpha value is -2.51. The average Bonchev–Trinajstić information content (AvgIpc) is 3.15. The van der Waals surface area contributed by atoms with Crippen molar-refractivity contribution in [3.63, 3.8) is 0 Å². The summed E-state index contributed by atoms with van der Waals surface area (Å²) in [6.45, 7) is 3.73. The van der Waals surface area contributed by atoms with Gasteiger partial charge in [-0.3, -0.25) is 0 Å². The number of anilines is 3. The summed E-state index contributed by atoms with van der Waals surface area (Å²) < 4.78 is 33.3. The highest BCUT2D eigenvalue weighted by Gasteiger charge is 2.29. The molecule has 1 aromatic carbocycles. The third-order valence-electron chi connectivity index (χ3n) is 4.56. The van der Waals surface area contributed by atoms with Crippen LogP contribution in [0.4, 0.5) is 26.4 Å². The van der Waals surface area contributed by atoms with Gasteiger partial charge in [0.25, 0.3) is 5.92 Å². The third kappa shape index (κ3) is 5.02. The molecule has 1 aliphatic carbocycles. The van der Waals surface area contributed by atoms with E-state index >= 15 is 0 Å². The van der Waals surface area contributed by atoms with E-state index in [-0.39, 0.29) is 23.9 Å². The number of rotatable bonds is 8. The summed E-state index contributed by atoms with van der Waals surface area (Å²) in [7, 11) is 0. The van der Waals surface area contributed by atoms with Gasteiger partial charge >= 0.3 is 6.01 Å². The molecule has 1 aromatic heterocycles. The van der Waals surface area contributed by atoms with E-state index in [0.29, 0.717) is 24.3 Å². The molecule has 0 spiro atoms. The first kappa shape index (κ1) is 19.3. The highest BCUT2D eigenvalue weighted by Crippen LogP contribution is 2.33. The Labute approximate surface area is 157 Å². The van der Waals surface area contributed by atoms with Gasteiger partial charge in [0.05, 0.1) is 6.61 Å². The van der Waals surface area contributed by atoms with Crippen LogP contribution < -0.4 is 15.4 Å². The van der Waals surface area contributed by atoms with Crippen LogP contribution in [0.5, 0.6) is 6.01 Å². The van der Waals surface area contributed by atoms with Gasteiger partial charge in [-0.1, -0.05) is 31.9 Å². The number of benzene rings is 1. The fourth-order valence-electron chi connectivity index (χ4n) is 3.08. The van der Waals surface area contributed by atoms with E-state index in [1.807, 2.05) is 6.92 Å². The van der Waals surface area contributed by atoms with Crippen LogP contribution >= 0.6 is 0 Å². The van der Waals surface area contributed by atoms with Crippen LogP contribution in [0.1, 0.15) is 51.5 Å². The first-order valence-electron chi connectivity index (χ1n) is 9.41. The number of halogens is 2. The van der Waals surface area contributed by atoms with Crippen molar-refractivity contribution in [2.45, 2.75) is 57.9 Å². The molecular formula is C19H25F2N5O. The second-order valence-electron chi connectivity index (χ2n) is 6.59. The summed E-state index contributed by atoms with van der Waals surface area (Å²) in [5.74, 6) is -2.19. The zero-order valence-electron chi connectivity index (χ0n) is 15.6. The van der Waals surface area contributed by atoms with Gasteiger partial charge < -0.3 is 15.4 Å². The number of aromatic nitrogens is 3. The van der Waals surface area contributed by atoms with Gasteiger partial charge in [0, 0.05) is 23.7 Å². The lowest BCUT2D eigenvalue weighted by molar-refractivity contribution is -0.00823. The Bertz CT molecular complexity index is 766. The zero-order chi connectivity index (χ0) is 19.3. The van der Waals surface area contributed by atoms with Gasteiger partial charge in [0.15, 0.2) is 0 Å². The zero-order valence-corrected chi connectivity index (χ0v) is 15.6. The Morgan fingerprint density at radius 1 is 1.11 bits per heavy atom. The van der Waals surface area contributed by atoms with Crippen LogP contribution in [0.25, 0.3) is 0 Å². The molecule has 2 aromatic rings. The van der Waals surface area contributed by atoms with Gasteiger partial charge in [-0.2, -0.15) is 15.0 Å². The van der Waals surface area contributed by atoms with Crippen LogP contribution in [0.3, 0.4) is 0 Å². The largest absolute Gasteiger partial charge is 0.464 e. The number of alkyl halides is 2. The van der Waals surface area contributed by atoms with Crippen LogP contribution in [0.15, 0.2) is 24.3 Å². The van der Waals surface area contributed by atoms with Crippen LogP contribution in [0, 0.1) is 0 Å². The van der Waals surface area contributed by atoms with Crippen molar-refractivity contribution in [1.29, 1.82) is 0 Å². The van der Waals surface area contributed by atoms with Crippen molar-refractivity contribution in [2.24, 2.45) is 0 Å². The maximum atomic E-state index is 14.0. The highest BCUT2D eigenvalue weighted by atomic mass is 19.3. The van der Waals surface area contributed by atoms with Crippen molar-refractivity contribution < 1.29 is 13.5 Å². The molecule has 2 N–H and O–H groups in total. The lowest BCUT2D eigenvalue weighted by atomic mass is 10.1. The monoisotopic (exact) mass is 377 g/mol. The number of nitrogens with one attached hydrogen (secondary N) is 2. The predicted molar refractivity (Wildman–Crippen MR) is 101 cm³/mol. The molecule has 1 saturated carbocycles. The molecule has 8 heteroatoms. The summed E-state index contributed by atoms with van der Waals surface area (Å²) in [6, 6.07) is 6.65. The van der Waals surface area contributed by atoms with Gasteiger partial charge in [-0.25, -0.2) is 8.78 Å². The quantitative estimate of drug-likeness (QED) is 0.684. The fourth-order valence-corrected chi connectivity index (χ4v) is 3.08. The summed E-state index contributed by atoms with van der Waals surface area (Å²) in [6.07, 6.45) is 4.26. The average molecular weight is 377 g/mol. The van der Waals surface area contributed by atoms with E-state index in [1.54, 1.807) is 12.1 Å². The van der Waals surface area contributed by atoms with E-state index in [9.17, 15) is 8.78 Å². The Kier molecular flexibility index (Phi) is 6.03. The highest BCUT2D eigenvalue weighted by molar-refractivity contribution is 5.56. The summed E-state index contributed by atoms with van der Waals surface area (Å²) in [5.41, 5.74) is 0.444. The standard InChI is InChI=1S/C19H25F2N5O/c1-3-19(20,21)13-8-7-11-15(12-13)23-17-24-16(22-14-9-5-6-10-14)25-18(26-17)27-4-2/h7-8,11-12,14H,3-6,9-10H2,1-2H3,(H2,22,23,24,25,26). The minimum atomic E-state index is -2.87. The predicted octanol–water partition coefficient (Wildman–Crippen LogP) is 4.87. The molecule has 146 valence electrons. The van der Waals surface area contributed by atoms with E-state index < -0.39 is 5.92 Å². The summed E-state index contributed by atoms with van der Waals surface area (Å²) >= 11 is 0. The molecule has 1 aliphatic rings.